The van der Waals surface area contributed by atoms with Crippen molar-refractivity contribution in [2.45, 2.75) is 25.8 Å². The molecule has 0 radical (unpaired) electrons. The van der Waals surface area contributed by atoms with E-state index >= 15 is 0 Å². The molecule has 1 saturated heterocycles. The third-order valence-corrected chi connectivity index (χ3v) is 3.80. The van der Waals surface area contributed by atoms with Crippen molar-refractivity contribution in [2.24, 2.45) is 5.92 Å². The van der Waals surface area contributed by atoms with Crippen LogP contribution in [0, 0.1) is 27.4 Å². The molecule has 2 unspecified atom stereocenters. The Morgan fingerprint density at radius 1 is 1.57 bits per heavy atom. The quantitative estimate of drug-likeness (QED) is 0.674. The van der Waals surface area contributed by atoms with E-state index in [1.165, 1.54) is 18.2 Å². The number of hydrogen-bond donors (Lipinski definition) is 1. The second kappa shape index (κ2) is 5.79. The van der Waals surface area contributed by atoms with Crippen LogP contribution in [0.3, 0.4) is 0 Å². The van der Waals surface area contributed by atoms with Crippen LogP contribution in [0.1, 0.15) is 25.3 Å². The maximum Gasteiger partial charge on any atom is 0.326 e. The normalized spacial score (nSPS) is 21.6. The fourth-order valence-corrected chi connectivity index (χ4v) is 2.82. The number of piperidine rings is 1. The number of carbonyl (C=O) groups is 1. The molecule has 0 saturated carbocycles. The van der Waals surface area contributed by atoms with Gasteiger partial charge in [0.05, 0.1) is 16.6 Å². The molecule has 1 aromatic carbocycles. The summed E-state index contributed by atoms with van der Waals surface area (Å²) in [6, 6.07) is 5.19. The van der Waals surface area contributed by atoms with E-state index in [9.17, 15) is 20.0 Å². The van der Waals surface area contributed by atoms with Gasteiger partial charge in [0.1, 0.15) is 11.7 Å². The summed E-state index contributed by atoms with van der Waals surface area (Å²) in [5, 5.41) is 29.5. The smallest absolute Gasteiger partial charge is 0.326 e. The van der Waals surface area contributed by atoms with Gasteiger partial charge >= 0.3 is 5.97 Å². The van der Waals surface area contributed by atoms with Gasteiger partial charge in [-0.1, -0.05) is 6.92 Å². The Morgan fingerprint density at radius 3 is 2.86 bits per heavy atom. The summed E-state index contributed by atoms with van der Waals surface area (Å²) < 4.78 is 0. The number of carboxylic acid groups (broad SMARTS) is 1. The van der Waals surface area contributed by atoms with Crippen molar-refractivity contribution in [2.75, 3.05) is 11.4 Å². The van der Waals surface area contributed by atoms with Crippen LogP contribution < -0.4 is 4.90 Å². The Hall–Kier alpha value is -2.62. The van der Waals surface area contributed by atoms with Gasteiger partial charge in [-0.25, -0.2) is 4.79 Å². The van der Waals surface area contributed by atoms with Crippen molar-refractivity contribution in [3.8, 4) is 6.07 Å². The maximum atomic E-state index is 11.5. The van der Waals surface area contributed by atoms with Gasteiger partial charge in [0.2, 0.25) is 0 Å². The summed E-state index contributed by atoms with van der Waals surface area (Å²) in [7, 11) is 0. The van der Waals surface area contributed by atoms with Crippen LogP contribution in [-0.4, -0.2) is 28.6 Å². The van der Waals surface area contributed by atoms with E-state index in [0.717, 1.165) is 12.8 Å². The van der Waals surface area contributed by atoms with Gasteiger partial charge in [-0.3, -0.25) is 10.1 Å². The molecule has 1 aromatic rings. The van der Waals surface area contributed by atoms with E-state index in [1.807, 2.05) is 13.0 Å². The molecule has 0 amide bonds. The van der Waals surface area contributed by atoms with Crippen molar-refractivity contribution < 1.29 is 14.8 Å². The van der Waals surface area contributed by atoms with E-state index in [0.29, 0.717) is 6.54 Å². The molecular formula is C14H15N3O4. The minimum absolute atomic E-state index is 0.0912. The molecule has 2 atom stereocenters. The van der Waals surface area contributed by atoms with Gasteiger partial charge in [-0.2, -0.15) is 5.26 Å². The summed E-state index contributed by atoms with van der Waals surface area (Å²) in [4.78, 5) is 23.7. The second-order valence-corrected chi connectivity index (χ2v) is 5.17. The number of carboxylic acids is 1. The van der Waals surface area contributed by atoms with E-state index in [4.69, 9.17) is 5.26 Å². The van der Waals surface area contributed by atoms with Gasteiger partial charge in [-0.05, 0) is 30.9 Å². The van der Waals surface area contributed by atoms with Crippen LogP contribution in [-0.2, 0) is 4.79 Å². The number of nitrogens with zero attached hydrogens (tertiary/aromatic N) is 3. The Morgan fingerprint density at radius 2 is 2.29 bits per heavy atom. The van der Waals surface area contributed by atoms with Crippen LogP contribution >= 0.6 is 0 Å². The van der Waals surface area contributed by atoms with Crippen molar-refractivity contribution >= 4 is 17.3 Å². The average molecular weight is 289 g/mol. The van der Waals surface area contributed by atoms with Crippen molar-refractivity contribution in [1.82, 2.24) is 0 Å². The Balaban J connectivity index is 2.51. The first-order valence-corrected chi connectivity index (χ1v) is 6.63. The predicted octanol–water partition coefficient (Wildman–Crippen LogP) is 2.16. The number of nitriles is 1. The third-order valence-electron chi connectivity index (χ3n) is 3.80. The molecule has 21 heavy (non-hydrogen) atoms. The molecule has 7 heteroatoms. The Bertz CT molecular complexity index is 623. The summed E-state index contributed by atoms with van der Waals surface area (Å²) in [6.07, 6.45) is 1.56. The summed E-state index contributed by atoms with van der Waals surface area (Å²) in [5.41, 5.74) is 0.217. The van der Waals surface area contributed by atoms with Gasteiger partial charge in [0.25, 0.3) is 5.69 Å². The number of nitro groups is 1. The minimum Gasteiger partial charge on any atom is -0.480 e. The van der Waals surface area contributed by atoms with Crippen molar-refractivity contribution in [3.63, 3.8) is 0 Å². The van der Waals surface area contributed by atoms with Gasteiger partial charge < -0.3 is 10.0 Å². The number of hydrogen-bond acceptors (Lipinski definition) is 5. The molecular weight excluding hydrogens is 274 g/mol. The van der Waals surface area contributed by atoms with Crippen LogP contribution in [0.5, 0.6) is 0 Å². The number of anilines is 1. The van der Waals surface area contributed by atoms with Crippen molar-refractivity contribution in [3.05, 3.63) is 33.9 Å². The van der Waals surface area contributed by atoms with Crippen molar-refractivity contribution in [1.29, 1.82) is 5.26 Å². The zero-order valence-corrected chi connectivity index (χ0v) is 11.5. The zero-order chi connectivity index (χ0) is 15.6. The highest BCUT2D eigenvalue weighted by molar-refractivity contribution is 5.81. The SMILES string of the molecule is CC1CCCN(c2ccc(C#N)cc2[N+](=O)[O-])C1C(=O)O. The number of rotatable bonds is 3. The molecule has 2 rings (SSSR count). The molecule has 1 N–H and O–H groups in total. The lowest BCUT2D eigenvalue weighted by Crippen LogP contribution is -2.49. The lowest BCUT2D eigenvalue weighted by Gasteiger charge is -2.38. The highest BCUT2D eigenvalue weighted by Gasteiger charge is 2.37. The second-order valence-electron chi connectivity index (χ2n) is 5.17. The van der Waals surface area contributed by atoms with E-state index < -0.39 is 16.9 Å². The van der Waals surface area contributed by atoms with E-state index in [1.54, 1.807) is 4.90 Å². The largest absolute Gasteiger partial charge is 0.480 e. The molecule has 0 bridgehead atoms. The van der Waals surface area contributed by atoms with Crippen LogP contribution in [0.2, 0.25) is 0 Å². The number of aliphatic carboxylic acids is 1. The Kier molecular flexibility index (Phi) is 4.08. The van der Waals surface area contributed by atoms with E-state index in [-0.39, 0.29) is 22.9 Å². The molecule has 0 aromatic heterocycles. The molecule has 0 aliphatic carbocycles. The molecule has 7 nitrogen and oxygen atoms in total. The molecule has 1 fully saturated rings. The maximum absolute atomic E-state index is 11.5. The first-order valence-electron chi connectivity index (χ1n) is 6.63. The fraction of sp³-hybridized carbons (Fsp3) is 0.429. The monoisotopic (exact) mass is 289 g/mol. The molecule has 110 valence electrons. The van der Waals surface area contributed by atoms with Gasteiger partial charge in [-0.15, -0.1) is 0 Å². The zero-order valence-electron chi connectivity index (χ0n) is 11.5. The van der Waals surface area contributed by atoms with Gasteiger partial charge in [0, 0.05) is 12.6 Å². The summed E-state index contributed by atoms with van der Waals surface area (Å²) in [6.45, 7) is 2.29. The lowest BCUT2D eigenvalue weighted by atomic mass is 9.90. The predicted molar refractivity (Wildman–Crippen MR) is 75.0 cm³/mol. The van der Waals surface area contributed by atoms with E-state index in [2.05, 4.69) is 0 Å². The first-order chi connectivity index (χ1) is 9.95. The Labute approximate surface area is 121 Å². The standard InChI is InChI=1S/C14H15N3O4/c1-9-3-2-6-16(13(9)14(18)19)11-5-4-10(8-15)7-12(11)17(20)21/h4-5,7,9,13H,2-3,6H2,1H3,(H,18,19). The molecule has 1 aliphatic rings. The van der Waals surface area contributed by atoms with Gasteiger partial charge in [0.15, 0.2) is 0 Å². The lowest BCUT2D eigenvalue weighted by molar-refractivity contribution is -0.384. The number of benzene rings is 1. The van der Waals surface area contributed by atoms with Crippen LogP contribution in [0.15, 0.2) is 18.2 Å². The average Bonchev–Trinajstić information content (AvgIpc) is 2.45. The summed E-state index contributed by atoms with van der Waals surface area (Å²) in [5.74, 6) is -1.08. The number of nitro benzene ring substituents is 1. The summed E-state index contributed by atoms with van der Waals surface area (Å²) >= 11 is 0. The molecule has 1 aliphatic heterocycles. The highest BCUT2D eigenvalue weighted by atomic mass is 16.6. The molecule has 1 heterocycles. The van der Waals surface area contributed by atoms with Crippen LogP contribution in [0.25, 0.3) is 0 Å². The van der Waals surface area contributed by atoms with Crippen LogP contribution in [0.4, 0.5) is 11.4 Å². The topological polar surface area (TPSA) is 107 Å². The molecule has 0 spiro atoms. The minimum atomic E-state index is -0.985. The third kappa shape index (κ3) is 2.79. The highest BCUT2D eigenvalue weighted by Crippen LogP contribution is 2.35. The first kappa shape index (κ1) is 14.8. The fourth-order valence-electron chi connectivity index (χ4n) is 2.82.